The second-order valence-corrected chi connectivity index (χ2v) is 14.3. The molecule has 0 fully saturated rings. The first-order valence-electron chi connectivity index (χ1n) is 8.18. The fourth-order valence-corrected chi connectivity index (χ4v) is 7.08. The topological polar surface area (TPSA) is 0 Å². The summed E-state index contributed by atoms with van der Waals surface area (Å²) in [5, 5.41) is 0. The summed E-state index contributed by atoms with van der Waals surface area (Å²) in [5.41, 5.74) is 0. The predicted octanol–water partition coefficient (Wildman–Crippen LogP) is 7.19. The van der Waals surface area contributed by atoms with E-state index in [9.17, 15) is 0 Å². The van der Waals surface area contributed by atoms with E-state index in [0.717, 1.165) is 29.8 Å². The molecule has 0 heterocycles. The van der Waals surface area contributed by atoms with E-state index in [1.54, 1.807) is 0 Å². The molecule has 0 saturated heterocycles. The zero-order chi connectivity index (χ0) is 14.9. The number of hydrogen-bond acceptors (Lipinski definition) is 0. The molecule has 0 aromatic rings. The first-order valence-corrected chi connectivity index (χ1v) is 12.6. The first-order chi connectivity index (χ1) is 8.80. The van der Waals surface area contributed by atoms with Gasteiger partial charge in [-0.2, -0.15) is 0 Å². The summed E-state index contributed by atoms with van der Waals surface area (Å²) in [7, 11) is 0. The molecular weight excluding hydrogens is 291 g/mol. The third-order valence-corrected chi connectivity index (χ3v) is 8.48. The highest BCUT2D eigenvalue weighted by molar-refractivity contribution is 7.45. The Balaban J connectivity index is 3.88. The fourth-order valence-electron chi connectivity index (χ4n) is 2.58. The standard InChI is InChI=1S/C16H34Cl2Si/c1-6-16(7-2)13-19(17,18)12-11-15(5)10-8-9-14(3)4/h14-16H,6-13H2,1-5H3/t15-/m1/s1. The van der Waals surface area contributed by atoms with Gasteiger partial charge in [-0.1, -0.05) is 73.1 Å². The molecule has 0 aromatic heterocycles. The molecular formula is C16H34Cl2Si. The second-order valence-electron chi connectivity index (χ2n) is 6.71. The van der Waals surface area contributed by atoms with Crippen LogP contribution in [0.3, 0.4) is 0 Å². The molecule has 0 spiro atoms. The van der Waals surface area contributed by atoms with Gasteiger partial charge in [0.1, 0.15) is 0 Å². The van der Waals surface area contributed by atoms with E-state index in [-0.39, 0.29) is 0 Å². The zero-order valence-corrected chi connectivity index (χ0v) is 16.2. The Kier molecular flexibility index (Phi) is 11.0. The minimum absolute atomic E-state index is 0.734. The van der Waals surface area contributed by atoms with E-state index < -0.39 is 6.69 Å². The number of halogens is 2. The van der Waals surface area contributed by atoms with Crippen LogP contribution < -0.4 is 0 Å². The van der Waals surface area contributed by atoms with Crippen molar-refractivity contribution in [2.45, 2.75) is 85.2 Å². The SMILES string of the molecule is CCC(CC)C[Si](Cl)(Cl)CC[C@H](C)CCCC(C)C. The lowest BCUT2D eigenvalue weighted by molar-refractivity contribution is 0.447. The molecule has 3 heteroatoms. The fraction of sp³-hybridized carbons (Fsp3) is 1.00. The van der Waals surface area contributed by atoms with E-state index in [1.807, 2.05) is 0 Å². The Morgan fingerprint density at radius 1 is 0.895 bits per heavy atom. The summed E-state index contributed by atoms with van der Waals surface area (Å²) in [5.74, 6) is 2.35. The monoisotopic (exact) mass is 324 g/mol. The summed E-state index contributed by atoms with van der Waals surface area (Å²) in [4.78, 5) is 0. The van der Waals surface area contributed by atoms with Gasteiger partial charge in [-0.05, 0) is 29.8 Å². The normalized spacial score (nSPS) is 14.4. The lowest BCUT2D eigenvalue weighted by Crippen LogP contribution is -2.23. The molecule has 0 aliphatic heterocycles. The molecule has 0 rings (SSSR count). The van der Waals surface area contributed by atoms with Crippen LogP contribution >= 0.6 is 22.2 Å². The maximum Gasteiger partial charge on any atom is 0.251 e. The largest absolute Gasteiger partial charge is 0.251 e. The van der Waals surface area contributed by atoms with Crippen molar-refractivity contribution < 1.29 is 0 Å². The van der Waals surface area contributed by atoms with Crippen molar-refractivity contribution in [2.24, 2.45) is 17.8 Å². The highest BCUT2D eigenvalue weighted by Crippen LogP contribution is 2.35. The van der Waals surface area contributed by atoms with Gasteiger partial charge in [0.25, 0.3) is 6.69 Å². The maximum atomic E-state index is 6.62. The van der Waals surface area contributed by atoms with Gasteiger partial charge in [-0.15, -0.1) is 22.2 Å². The number of hydrogen-bond donors (Lipinski definition) is 0. The first kappa shape index (κ1) is 19.8. The van der Waals surface area contributed by atoms with Crippen molar-refractivity contribution in [3.8, 4) is 0 Å². The molecule has 0 aliphatic rings. The van der Waals surface area contributed by atoms with Gasteiger partial charge in [-0.3, -0.25) is 0 Å². The highest BCUT2D eigenvalue weighted by atomic mass is 35.7. The molecule has 19 heavy (non-hydrogen) atoms. The highest BCUT2D eigenvalue weighted by Gasteiger charge is 2.31. The third kappa shape index (κ3) is 11.2. The Morgan fingerprint density at radius 2 is 1.47 bits per heavy atom. The van der Waals surface area contributed by atoms with Crippen LogP contribution in [0.15, 0.2) is 0 Å². The third-order valence-electron chi connectivity index (χ3n) is 4.22. The Bertz CT molecular complexity index is 213. The summed E-state index contributed by atoms with van der Waals surface area (Å²) >= 11 is 13.2. The molecule has 0 saturated carbocycles. The molecule has 0 aliphatic carbocycles. The van der Waals surface area contributed by atoms with Crippen LogP contribution in [0.25, 0.3) is 0 Å². The molecule has 0 bridgehead atoms. The maximum absolute atomic E-state index is 6.62. The quantitative estimate of drug-likeness (QED) is 0.278. The van der Waals surface area contributed by atoms with Crippen LogP contribution in [-0.2, 0) is 0 Å². The summed E-state index contributed by atoms with van der Waals surface area (Å²) in [6.07, 6.45) is 7.69. The number of rotatable bonds is 11. The molecule has 0 radical (unpaired) electrons. The van der Waals surface area contributed by atoms with Gasteiger partial charge in [0.2, 0.25) is 0 Å². The van der Waals surface area contributed by atoms with Gasteiger partial charge >= 0.3 is 0 Å². The van der Waals surface area contributed by atoms with Crippen molar-refractivity contribution in [2.75, 3.05) is 0 Å². The van der Waals surface area contributed by atoms with Gasteiger partial charge < -0.3 is 0 Å². The molecule has 0 unspecified atom stereocenters. The van der Waals surface area contributed by atoms with Crippen molar-refractivity contribution >= 4 is 28.9 Å². The van der Waals surface area contributed by atoms with Crippen molar-refractivity contribution in [3.05, 3.63) is 0 Å². The average Bonchev–Trinajstić information content (AvgIpc) is 2.33. The lowest BCUT2D eigenvalue weighted by atomic mass is 9.98. The molecule has 1 atom stereocenters. The van der Waals surface area contributed by atoms with Crippen LogP contribution in [0.1, 0.15) is 73.1 Å². The Hall–Kier alpha value is 0.797. The van der Waals surface area contributed by atoms with Crippen molar-refractivity contribution in [1.82, 2.24) is 0 Å². The van der Waals surface area contributed by atoms with Crippen LogP contribution in [0.4, 0.5) is 0 Å². The summed E-state index contributed by atoms with van der Waals surface area (Å²) in [6.45, 7) is 9.47. The lowest BCUT2D eigenvalue weighted by Gasteiger charge is -2.23. The Morgan fingerprint density at radius 3 is 1.95 bits per heavy atom. The van der Waals surface area contributed by atoms with Crippen molar-refractivity contribution in [1.29, 1.82) is 0 Å². The van der Waals surface area contributed by atoms with Crippen LogP contribution in [0.5, 0.6) is 0 Å². The van der Waals surface area contributed by atoms with Crippen LogP contribution in [-0.4, -0.2) is 6.69 Å². The van der Waals surface area contributed by atoms with E-state index in [4.69, 9.17) is 22.2 Å². The molecule has 0 nitrogen and oxygen atoms in total. The Labute approximate surface area is 132 Å². The van der Waals surface area contributed by atoms with E-state index in [2.05, 4.69) is 34.6 Å². The summed E-state index contributed by atoms with van der Waals surface area (Å²) in [6, 6.07) is 2.16. The van der Waals surface area contributed by atoms with E-state index in [1.165, 1.54) is 38.5 Å². The van der Waals surface area contributed by atoms with Gasteiger partial charge in [0.15, 0.2) is 0 Å². The van der Waals surface area contributed by atoms with E-state index in [0.29, 0.717) is 0 Å². The summed E-state index contributed by atoms with van der Waals surface area (Å²) < 4.78 is 0. The minimum atomic E-state index is -1.99. The van der Waals surface area contributed by atoms with Crippen molar-refractivity contribution in [3.63, 3.8) is 0 Å². The smallest absolute Gasteiger partial charge is 0.146 e. The van der Waals surface area contributed by atoms with Gasteiger partial charge in [0, 0.05) is 0 Å². The van der Waals surface area contributed by atoms with Crippen LogP contribution in [0.2, 0.25) is 12.1 Å². The van der Waals surface area contributed by atoms with E-state index >= 15 is 0 Å². The van der Waals surface area contributed by atoms with Gasteiger partial charge in [-0.25, -0.2) is 0 Å². The molecule has 0 N–H and O–H groups in total. The predicted molar refractivity (Wildman–Crippen MR) is 93.6 cm³/mol. The molecule has 0 aromatic carbocycles. The average molecular weight is 325 g/mol. The second kappa shape index (κ2) is 10.5. The molecule has 116 valence electrons. The van der Waals surface area contributed by atoms with Crippen LogP contribution in [0, 0.1) is 17.8 Å². The minimum Gasteiger partial charge on any atom is -0.146 e. The molecule has 0 amide bonds. The zero-order valence-electron chi connectivity index (χ0n) is 13.6. The van der Waals surface area contributed by atoms with Gasteiger partial charge in [0.05, 0.1) is 0 Å².